The van der Waals surface area contributed by atoms with Gasteiger partial charge in [-0.15, -0.1) is 0 Å². The number of hydrogen-bond acceptors (Lipinski definition) is 2. The summed E-state index contributed by atoms with van der Waals surface area (Å²) < 4.78 is 0. The molecular weight excluding hydrogens is 198 g/mol. The van der Waals surface area contributed by atoms with Crippen LogP contribution in [0, 0.1) is 11.8 Å². The van der Waals surface area contributed by atoms with Crippen molar-refractivity contribution in [1.82, 2.24) is 4.90 Å². The highest BCUT2D eigenvalue weighted by atomic mass is 16.3. The zero-order chi connectivity index (χ0) is 11.5. The van der Waals surface area contributed by atoms with Crippen molar-refractivity contribution >= 4 is 0 Å². The molecule has 0 aliphatic carbocycles. The Morgan fingerprint density at radius 3 is 2.38 bits per heavy atom. The van der Waals surface area contributed by atoms with Crippen molar-refractivity contribution in [3.8, 4) is 0 Å². The third-order valence-corrected chi connectivity index (χ3v) is 3.68. The van der Waals surface area contributed by atoms with E-state index in [1.807, 2.05) is 18.2 Å². The van der Waals surface area contributed by atoms with E-state index in [0.717, 1.165) is 24.9 Å². The molecule has 16 heavy (non-hydrogen) atoms. The van der Waals surface area contributed by atoms with Gasteiger partial charge in [-0.1, -0.05) is 44.2 Å². The van der Waals surface area contributed by atoms with Crippen molar-refractivity contribution < 1.29 is 5.11 Å². The van der Waals surface area contributed by atoms with Gasteiger partial charge in [-0.25, -0.2) is 0 Å². The Balaban J connectivity index is 1.98. The first-order valence-electron chi connectivity index (χ1n) is 6.12. The van der Waals surface area contributed by atoms with E-state index in [-0.39, 0.29) is 12.6 Å². The topological polar surface area (TPSA) is 23.5 Å². The molecule has 0 spiro atoms. The Bertz CT molecular complexity index is 317. The van der Waals surface area contributed by atoms with Crippen LogP contribution in [0.5, 0.6) is 0 Å². The van der Waals surface area contributed by atoms with Crippen LogP contribution in [0.2, 0.25) is 0 Å². The lowest BCUT2D eigenvalue weighted by molar-refractivity contribution is 0.00385. The highest BCUT2D eigenvalue weighted by Gasteiger charge is 2.33. The molecule has 1 saturated heterocycles. The molecule has 1 aromatic carbocycles. The van der Waals surface area contributed by atoms with Crippen LogP contribution in [0.1, 0.15) is 25.5 Å². The molecule has 1 unspecified atom stereocenters. The molecular formula is C14H21NO. The van der Waals surface area contributed by atoms with Gasteiger partial charge in [-0.3, -0.25) is 4.90 Å². The Morgan fingerprint density at radius 1 is 1.25 bits per heavy atom. The van der Waals surface area contributed by atoms with Crippen molar-refractivity contribution in [2.75, 3.05) is 19.7 Å². The summed E-state index contributed by atoms with van der Waals surface area (Å²) in [6, 6.07) is 10.5. The fourth-order valence-electron chi connectivity index (χ4n) is 2.33. The van der Waals surface area contributed by atoms with Crippen molar-refractivity contribution in [2.24, 2.45) is 11.8 Å². The van der Waals surface area contributed by atoms with Crippen LogP contribution in [0.15, 0.2) is 30.3 Å². The minimum absolute atomic E-state index is 0.191. The van der Waals surface area contributed by atoms with Crippen molar-refractivity contribution in [1.29, 1.82) is 0 Å². The van der Waals surface area contributed by atoms with Crippen LogP contribution < -0.4 is 0 Å². The molecule has 1 atom stereocenters. The first-order chi connectivity index (χ1) is 7.72. The molecule has 0 saturated carbocycles. The second kappa shape index (κ2) is 4.98. The van der Waals surface area contributed by atoms with Crippen LogP contribution in [-0.4, -0.2) is 29.7 Å². The van der Waals surface area contributed by atoms with E-state index in [1.54, 1.807) is 0 Å². The largest absolute Gasteiger partial charge is 0.394 e. The predicted octanol–water partition coefficient (Wildman–Crippen LogP) is 2.31. The van der Waals surface area contributed by atoms with E-state index in [1.165, 1.54) is 5.56 Å². The van der Waals surface area contributed by atoms with Crippen LogP contribution >= 0.6 is 0 Å². The monoisotopic (exact) mass is 219 g/mol. The fraction of sp³-hybridized carbons (Fsp3) is 0.571. The molecule has 1 aliphatic rings. The molecule has 1 N–H and O–H groups in total. The first-order valence-corrected chi connectivity index (χ1v) is 6.12. The normalized spacial score (nSPS) is 19.8. The summed E-state index contributed by atoms with van der Waals surface area (Å²) >= 11 is 0. The lowest BCUT2D eigenvalue weighted by Gasteiger charge is -2.45. The predicted molar refractivity (Wildman–Crippen MR) is 66.2 cm³/mol. The van der Waals surface area contributed by atoms with Gasteiger partial charge in [-0.05, 0) is 17.4 Å². The van der Waals surface area contributed by atoms with Gasteiger partial charge >= 0.3 is 0 Å². The van der Waals surface area contributed by atoms with E-state index >= 15 is 0 Å². The summed E-state index contributed by atoms with van der Waals surface area (Å²) in [5, 5.41) is 9.50. The number of likely N-dealkylation sites (tertiary alicyclic amines) is 1. The van der Waals surface area contributed by atoms with Crippen molar-refractivity contribution in [2.45, 2.75) is 19.9 Å². The number of benzene rings is 1. The summed E-state index contributed by atoms with van der Waals surface area (Å²) in [6.45, 7) is 7.02. The summed E-state index contributed by atoms with van der Waals surface area (Å²) in [5.74, 6) is 1.56. The molecule has 1 aromatic rings. The van der Waals surface area contributed by atoms with Crippen LogP contribution in [-0.2, 0) is 0 Å². The molecule has 2 rings (SSSR count). The quantitative estimate of drug-likeness (QED) is 0.840. The van der Waals surface area contributed by atoms with E-state index in [4.69, 9.17) is 0 Å². The third kappa shape index (κ3) is 2.28. The Kier molecular flexibility index (Phi) is 3.62. The molecule has 0 radical (unpaired) electrons. The highest BCUT2D eigenvalue weighted by Crippen LogP contribution is 2.31. The maximum absolute atomic E-state index is 9.50. The third-order valence-electron chi connectivity index (χ3n) is 3.68. The van der Waals surface area contributed by atoms with E-state index in [0.29, 0.717) is 0 Å². The summed E-state index contributed by atoms with van der Waals surface area (Å²) in [4.78, 5) is 2.38. The number of aliphatic hydroxyl groups is 1. The second-order valence-electron chi connectivity index (χ2n) is 5.07. The fourth-order valence-corrected chi connectivity index (χ4v) is 2.33. The number of rotatable bonds is 4. The SMILES string of the molecule is CC(C)C1CN(C(CO)c2ccccc2)C1. The molecule has 0 bridgehead atoms. The summed E-state index contributed by atoms with van der Waals surface area (Å²) in [7, 11) is 0. The molecule has 2 nitrogen and oxygen atoms in total. The van der Waals surface area contributed by atoms with Crippen molar-refractivity contribution in [3.05, 3.63) is 35.9 Å². The minimum Gasteiger partial charge on any atom is -0.394 e. The second-order valence-corrected chi connectivity index (χ2v) is 5.07. The van der Waals surface area contributed by atoms with Crippen molar-refractivity contribution in [3.63, 3.8) is 0 Å². The highest BCUT2D eigenvalue weighted by molar-refractivity contribution is 5.19. The van der Waals surface area contributed by atoms with Crippen LogP contribution in [0.4, 0.5) is 0 Å². The number of nitrogens with zero attached hydrogens (tertiary/aromatic N) is 1. The lowest BCUT2D eigenvalue weighted by atomic mass is 9.86. The molecule has 88 valence electrons. The van der Waals surface area contributed by atoms with Crippen LogP contribution in [0.25, 0.3) is 0 Å². The van der Waals surface area contributed by atoms with E-state index in [2.05, 4.69) is 30.9 Å². The standard InChI is InChI=1S/C14H21NO/c1-11(2)13-8-15(9-13)14(10-16)12-6-4-3-5-7-12/h3-7,11,13-14,16H,8-10H2,1-2H3. The summed E-state index contributed by atoms with van der Waals surface area (Å²) in [6.07, 6.45) is 0. The molecule has 0 amide bonds. The zero-order valence-electron chi connectivity index (χ0n) is 10.1. The molecule has 1 heterocycles. The molecule has 1 aliphatic heterocycles. The smallest absolute Gasteiger partial charge is 0.0628 e. The first kappa shape index (κ1) is 11.6. The summed E-state index contributed by atoms with van der Waals surface area (Å²) in [5.41, 5.74) is 1.23. The number of hydrogen-bond donors (Lipinski definition) is 1. The zero-order valence-corrected chi connectivity index (χ0v) is 10.1. The average Bonchev–Trinajstić information content (AvgIpc) is 2.23. The maximum Gasteiger partial charge on any atom is 0.0628 e. The Morgan fingerprint density at radius 2 is 1.88 bits per heavy atom. The van der Waals surface area contributed by atoms with E-state index < -0.39 is 0 Å². The molecule has 0 aromatic heterocycles. The maximum atomic E-state index is 9.50. The molecule has 1 fully saturated rings. The Labute approximate surface area is 97.9 Å². The number of aliphatic hydroxyl groups excluding tert-OH is 1. The van der Waals surface area contributed by atoms with Gasteiger partial charge in [0.25, 0.3) is 0 Å². The van der Waals surface area contributed by atoms with Gasteiger partial charge in [0.15, 0.2) is 0 Å². The molecule has 2 heteroatoms. The van der Waals surface area contributed by atoms with Gasteiger partial charge in [0.2, 0.25) is 0 Å². The minimum atomic E-state index is 0.191. The Hall–Kier alpha value is -0.860. The van der Waals surface area contributed by atoms with Gasteiger partial charge < -0.3 is 5.11 Å². The van der Waals surface area contributed by atoms with Crippen LogP contribution in [0.3, 0.4) is 0 Å². The van der Waals surface area contributed by atoms with Gasteiger partial charge in [-0.2, -0.15) is 0 Å². The average molecular weight is 219 g/mol. The van der Waals surface area contributed by atoms with Gasteiger partial charge in [0, 0.05) is 13.1 Å². The van der Waals surface area contributed by atoms with E-state index in [9.17, 15) is 5.11 Å². The van der Waals surface area contributed by atoms with Gasteiger partial charge in [0.1, 0.15) is 0 Å². The lowest BCUT2D eigenvalue weighted by Crippen LogP contribution is -2.51. The van der Waals surface area contributed by atoms with Gasteiger partial charge in [0.05, 0.1) is 12.6 Å².